The molecule has 0 spiro atoms. The molecule has 11 nitrogen and oxygen atoms in total. The summed E-state index contributed by atoms with van der Waals surface area (Å²) < 4.78 is 12.0. The van der Waals surface area contributed by atoms with Crippen molar-refractivity contribution in [2.45, 2.75) is 30.5 Å². The van der Waals surface area contributed by atoms with Crippen LogP contribution in [0, 0.1) is 0 Å². The van der Waals surface area contributed by atoms with Crippen molar-refractivity contribution in [3.63, 3.8) is 0 Å². The first-order chi connectivity index (χ1) is 11.0. The Labute approximate surface area is 129 Å². The van der Waals surface area contributed by atoms with E-state index in [1.54, 1.807) is 0 Å². The number of H-pyrrole nitrogens is 1. The van der Waals surface area contributed by atoms with E-state index in [0.717, 1.165) is 10.6 Å². The normalized spacial score (nSPS) is 30.1. The van der Waals surface area contributed by atoms with E-state index in [1.807, 2.05) is 0 Å². The van der Waals surface area contributed by atoms with Crippen LogP contribution in [-0.4, -0.2) is 57.8 Å². The van der Waals surface area contributed by atoms with Gasteiger partial charge in [-0.15, -0.1) is 0 Å². The molecule has 1 saturated heterocycles. The van der Waals surface area contributed by atoms with E-state index in [1.165, 1.54) is 13.3 Å². The SMILES string of the molecule is COC1[C@H](n2ccc(=O)[nH]c2=O)O[C@@](CO)(CCN=[N+]=[N-])[C@@H]1O. The van der Waals surface area contributed by atoms with E-state index in [-0.39, 0.29) is 13.0 Å². The molecule has 1 aliphatic rings. The zero-order valence-electron chi connectivity index (χ0n) is 12.3. The predicted molar refractivity (Wildman–Crippen MR) is 76.7 cm³/mol. The van der Waals surface area contributed by atoms with Crippen molar-refractivity contribution in [3.8, 4) is 0 Å². The van der Waals surface area contributed by atoms with Crippen LogP contribution in [0.4, 0.5) is 0 Å². The lowest BCUT2D eigenvalue weighted by Crippen LogP contribution is -2.47. The molecule has 1 aliphatic heterocycles. The number of aliphatic hydroxyl groups is 2. The summed E-state index contributed by atoms with van der Waals surface area (Å²) in [5.41, 5.74) is 5.58. The monoisotopic (exact) mass is 327 g/mol. The van der Waals surface area contributed by atoms with Gasteiger partial charge in [0.2, 0.25) is 0 Å². The molecule has 1 aromatic rings. The Morgan fingerprint density at radius 1 is 1.61 bits per heavy atom. The standard InChI is InChI=1S/C12H17N5O6/c1-22-8-9(20)12(6-18,3-4-14-16-13)23-10(8)17-5-2-7(19)15-11(17)21/h2,5,8-10,18,20H,3-4,6H2,1H3,(H,15,19,21)/t8?,9-,10-,12-/m1/s1. The van der Waals surface area contributed by atoms with Crippen LogP contribution >= 0.6 is 0 Å². The first-order valence-electron chi connectivity index (χ1n) is 6.81. The van der Waals surface area contributed by atoms with E-state index < -0.39 is 41.9 Å². The molecule has 4 atom stereocenters. The van der Waals surface area contributed by atoms with Crippen LogP contribution in [0.15, 0.2) is 27.0 Å². The summed E-state index contributed by atoms with van der Waals surface area (Å²) in [7, 11) is 1.32. The van der Waals surface area contributed by atoms with Crippen LogP contribution in [0.5, 0.6) is 0 Å². The number of hydrogen-bond acceptors (Lipinski definition) is 7. The second-order valence-electron chi connectivity index (χ2n) is 5.10. The maximum atomic E-state index is 11.9. The number of nitrogens with zero attached hydrogens (tertiary/aromatic N) is 4. The van der Waals surface area contributed by atoms with Gasteiger partial charge in [-0.2, -0.15) is 0 Å². The van der Waals surface area contributed by atoms with Crippen molar-refractivity contribution in [2.75, 3.05) is 20.3 Å². The Balaban J connectivity index is 2.39. The van der Waals surface area contributed by atoms with Gasteiger partial charge in [0.1, 0.15) is 17.8 Å². The maximum absolute atomic E-state index is 11.9. The van der Waals surface area contributed by atoms with E-state index in [0.29, 0.717) is 0 Å². The largest absolute Gasteiger partial charge is 0.393 e. The van der Waals surface area contributed by atoms with Crippen LogP contribution in [0.1, 0.15) is 12.6 Å². The average Bonchev–Trinajstić information content (AvgIpc) is 2.80. The molecule has 1 unspecified atom stereocenters. The molecule has 2 heterocycles. The van der Waals surface area contributed by atoms with Crippen molar-refractivity contribution in [3.05, 3.63) is 43.5 Å². The van der Waals surface area contributed by atoms with Crippen molar-refractivity contribution in [1.82, 2.24) is 9.55 Å². The minimum atomic E-state index is -1.45. The molecule has 0 saturated carbocycles. The highest BCUT2D eigenvalue weighted by Gasteiger charge is 2.55. The van der Waals surface area contributed by atoms with Gasteiger partial charge in [-0.25, -0.2) is 4.79 Å². The molecule has 0 bridgehead atoms. The van der Waals surface area contributed by atoms with Gasteiger partial charge in [-0.05, 0) is 12.0 Å². The van der Waals surface area contributed by atoms with Crippen LogP contribution in [0.25, 0.3) is 10.4 Å². The lowest BCUT2D eigenvalue weighted by Gasteiger charge is -2.29. The Morgan fingerprint density at radius 3 is 2.91 bits per heavy atom. The summed E-state index contributed by atoms with van der Waals surface area (Å²) in [6, 6.07) is 1.13. The predicted octanol–water partition coefficient (Wildman–Crippen LogP) is -1.13. The van der Waals surface area contributed by atoms with Crippen LogP contribution in [0.2, 0.25) is 0 Å². The maximum Gasteiger partial charge on any atom is 0.330 e. The highest BCUT2D eigenvalue weighted by atomic mass is 16.6. The molecular weight excluding hydrogens is 310 g/mol. The number of methoxy groups -OCH3 is 1. The third-order valence-electron chi connectivity index (χ3n) is 3.85. The number of aromatic nitrogens is 2. The summed E-state index contributed by atoms with van der Waals surface area (Å²) in [6.45, 7) is -0.582. The molecule has 1 aromatic heterocycles. The number of hydrogen-bond donors (Lipinski definition) is 3. The third-order valence-corrected chi connectivity index (χ3v) is 3.85. The van der Waals surface area contributed by atoms with Gasteiger partial charge in [-0.3, -0.25) is 14.3 Å². The van der Waals surface area contributed by atoms with E-state index in [4.69, 9.17) is 15.0 Å². The van der Waals surface area contributed by atoms with Crippen molar-refractivity contribution in [1.29, 1.82) is 0 Å². The summed E-state index contributed by atoms with van der Waals surface area (Å²) in [6.07, 6.45) is -2.04. The second-order valence-corrected chi connectivity index (χ2v) is 5.10. The Hall–Kier alpha value is -2.17. The lowest BCUT2D eigenvalue weighted by molar-refractivity contribution is -0.132. The van der Waals surface area contributed by atoms with Crippen molar-refractivity contribution >= 4 is 0 Å². The minimum Gasteiger partial charge on any atom is -0.393 e. The molecule has 1 fully saturated rings. The fraction of sp³-hybridized carbons (Fsp3) is 0.667. The first-order valence-corrected chi connectivity index (χ1v) is 6.81. The molecule has 3 N–H and O–H groups in total. The van der Waals surface area contributed by atoms with Crippen LogP contribution < -0.4 is 11.2 Å². The fourth-order valence-electron chi connectivity index (χ4n) is 2.62. The van der Waals surface area contributed by atoms with Gasteiger partial charge in [0.15, 0.2) is 6.23 Å². The lowest BCUT2D eigenvalue weighted by atomic mass is 9.92. The molecule has 2 rings (SSSR count). The number of rotatable bonds is 6. The Bertz CT molecular complexity index is 710. The smallest absolute Gasteiger partial charge is 0.330 e. The molecule has 0 amide bonds. The highest BCUT2D eigenvalue weighted by molar-refractivity contribution is 5.03. The van der Waals surface area contributed by atoms with Crippen molar-refractivity contribution < 1.29 is 19.7 Å². The molecular formula is C12H17N5O6. The van der Waals surface area contributed by atoms with Crippen molar-refractivity contribution in [2.24, 2.45) is 5.11 Å². The molecule has 0 aromatic carbocycles. The number of aliphatic hydroxyl groups excluding tert-OH is 2. The average molecular weight is 327 g/mol. The second kappa shape index (κ2) is 6.94. The molecule has 0 radical (unpaired) electrons. The zero-order chi connectivity index (χ0) is 17.0. The van der Waals surface area contributed by atoms with E-state index in [2.05, 4.69) is 15.0 Å². The summed E-state index contributed by atoms with van der Waals surface area (Å²) in [5.74, 6) is 0. The first kappa shape index (κ1) is 17.2. The van der Waals surface area contributed by atoms with Crippen LogP contribution in [0.3, 0.4) is 0 Å². The molecule has 0 aliphatic carbocycles. The number of aromatic amines is 1. The van der Waals surface area contributed by atoms with Gasteiger partial charge in [-0.1, -0.05) is 5.11 Å². The van der Waals surface area contributed by atoms with Gasteiger partial charge in [0.05, 0.1) is 6.61 Å². The number of nitrogens with one attached hydrogen (secondary N) is 1. The van der Waals surface area contributed by atoms with Gasteiger partial charge in [0, 0.05) is 30.8 Å². The van der Waals surface area contributed by atoms with E-state index in [9.17, 15) is 19.8 Å². The van der Waals surface area contributed by atoms with Crippen LogP contribution in [-0.2, 0) is 9.47 Å². The summed E-state index contributed by atoms with van der Waals surface area (Å²) >= 11 is 0. The van der Waals surface area contributed by atoms with Gasteiger partial charge in [0.25, 0.3) is 5.56 Å². The van der Waals surface area contributed by atoms with E-state index >= 15 is 0 Å². The Morgan fingerprint density at radius 2 is 2.35 bits per heavy atom. The fourth-order valence-corrected chi connectivity index (χ4v) is 2.62. The number of azide groups is 1. The molecule has 11 heteroatoms. The van der Waals surface area contributed by atoms with Gasteiger partial charge < -0.3 is 19.7 Å². The van der Waals surface area contributed by atoms with Gasteiger partial charge >= 0.3 is 5.69 Å². The topological polar surface area (TPSA) is 163 Å². The quantitative estimate of drug-likeness (QED) is 0.340. The molecule has 23 heavy (non-hydrogen) atoms. The molecule has 126 valence electrons. The summed E-state index contributed by atoms with van der Waals surface area (Å²) in [5, 5.41) is 23.5. The Kier molecular flexibility index (Phi) is 5.19. The number of ether oxygens (including phenoxy) is 2. The summed E-state index contributed by atoms with van der Waals surface area (Å²) in [4.78, 5) is 27.8. The highest BCUT2D eigenvalue weighted by Crippen LogP contribution is 2.40. The zero-order valence-corrected chi connectivity index (χ0v) is 12.3. The minimum absolute atomic E-state index is 0.0161. The third kappa shape index (κ3) is 3.14.